The minimum atomic E-state index is -0.0235. The summed E-state index contributed by atoms with van der Waals surface area (Å²) < 4.78 is 7.14. The van der Waals surface area contributed by atoms with E-state index in [4.69, 9.17) is 9.73 Å². The van der Waals surface area contributed by atoms with Crippen molar-refractivity contribution in [2.75, 3.05) is 20.2 Å². The average Bonchev–Trinajstić information content (AvgIpc) is 3.09. The smallest absolute Gasteiger partial charge is 0.191 e. The number of ether oxygens (including phenoxy) is 1. The molecule has 3 rings (SSSR count). The maximum Gasteiger partial charge on any atom is 0.191 e. The van der Waals surface area contributed by atoms with E-state index < -0.39 is 0 Å². The number of methoxy groups -OCH3 is 1. The van der Waals surface area contributed by atoms with Gasteiger partial charge in [0, 0.05) is 31.5 Å². The summed E-state index contributed by atoms with van der Waals surface area (Å²) in [5.74, 6) is 2.65. The summed E-state index contributed by atoms with van der Waals surface area (Å²) >= 11 is 0. The van der Waals surface area contributed by atoms with Crippen LogP contribution in [0, 0.1) is 0 Å². The molecule has 2 N–H and O–H groups in total. The van der Waals surface area contributed by atoms with Crippen LogP contribution in [-0.2, 0) is 29.7 Å². The van der Waals surface area contributed by atoms with Gasteiger partial charge >= 0.3 is 0 Å². The number of halogens is 1. The third kappa shape index (κ3) is 6.40. The van der Waals surface area contributed by atoms with Gasteiger partial charge in [-0.2, -0.15) is 5.10 Å². The van der Waals surface area contributed by atoms with Gasteiger partial charge in [0.2, 0.25) is 0 Å². The van der Waals surface area contributed by atoms with Crippen LogP contribution in [0.15, 0.2) is 35.3 Å². The van der Waals surface area contributed by atoms with Gasteiger partial charge in [-0.3, -0.25) is 4.99 Å². The van der Waals surface area contributed by atoms with Gasteiger partial charge in [0.1, 0.15) is 12.4 Å². The molecule has 1 atom stereocenters. The number of nitrogens with one attached hydrogen (secondary N) is 2. The van der Waals surface area contributed by atoms with Crippen molar-refractivity contribution in [2.45, 2.75) is 58.2 Å². The lowest BCUT2D eigenvalue weighted by Gasteiger charge is -2.27. The van der Waals surface area contributed by atoms with Gasteiger partial charge in [-0.25, -0.2) is 9.67 Å². The Bertz CT molecular complexity index is 790. The number of aliphatic imine (C=N–C) groups is 1. The molecule has 8 heteroatoms. The Morgan fingerprint density at radius 2 is 2.07 bits per heavy atom. The van der Waals surface area contributed by atoms with Crippen molar-refractivity contribution in [3.8, 4) is 0 Å². The highest BCUT2D eigenvalue weighted by molar-refractivity contribution is 14.0. The zero-order valence-electron chi connectivity index (χ0n) is 17.8. The maximum absolute atomic E-state index is 5.15. The van der Waals surface area contributed by atoms with Gasteiger partial charge in [-0.05, 0) is 18.9 Å². The second-order valence-electron chi connectivity index (χ2n) is 7.88. The van der Waals surface area contributed by atoms with E-state index in [0.29, 0.717) is 13.2 Å². The maximum atomic E-state index is 5.15. The van der Waals surface area contributed by atoms with Crippen molar-refractivity contribution in [2.24, 2.45) is 4.99 Å². The molecule has 1 unspecified atom stereocenters. The summed E-state index contributed by atoms with van der Waals surface area (Å²) in [5, 5.41) is 11.5. The molecule has 7 nitrogen and oxygen atoms in total. The Balaban J connectivity index is 0.00000300. The molecular weight excluding hydrogens is 479 g/mol. The molecule has 1 aromatic carbocycles. The summed E-state index contributed by atoms with van der Waals surface area (Å²) in [6.07, 6.45) is 1.92. The zero-order valence-corrected chi connectivity index (χ0v) is 20.1. The van der Waals surface area contributed by atoms with Crippen LogP contribution in [0.5, 0.6) is 0 Å². The molecular formula is C21H33IN6O. The molecule has 2 heterocycles. The molecule has 1 aliphatic rings. The van der Waals surface area contributed by atoms with Crippen molar-refractivity contribution < 1.29 is 4.74 Å². The van der Waals surface area contributed by atoms with Gasteiger partial charge in [-0.1, -0.05) is 44.2 Å². The number of hydrogen-bond donors (Lipinski definition) is 2. The van der Waals surface area contributed by atoms with Crippen LogP contribution in [0.2, 0.25) is 0 Å². The Labute approximate surface area is 190 Å². The monoisotopic (exact) mass is 512 g/mol. The minimum Gasteiger partial charge on any atom is -0.377 e. The molecule has 0 aliphatic carbocycles. The molecule has 0 saturated carbocycles. The number of rotatable bonds is 7. The Morgan fingerprint density at radius 3 is 2.76 bits per heavy atom. The van der Waals surface area contributed by atoms with Gasteiger partial charge in [0.25, 0.3) is 0 Å². The zero-order chi connectivity index (χ0) is 20.0. The van der Waals surface area contributed by atoms with E-state index >= 15 is 0 Å². The van der Waals surface area contributed by atoms with Crippen molar-refractivity contribution in [1.82, 2.24) is 25.4 Å². The molecule has 1 aromatic heterocycles. The van der Waals surface area contributed by atoms with Gasteiger partial charge in [0.05, 0.1) is 13.1 Å². The van der Waals surface area contributed by atoms with Crippen LogP contribution in [-0.4, -0.2) is 47.0 Å². The fourth-order valence-electron chi connectivity index (χ4n) is 3.44. The van der Waals surface area contributed by atoms with Gasteiger partial charge in [0.15, 0.2) is 11.8 Å². The largest absolute Gasteiger partial charge is 0.377 e. The molecule has 0 fully saturated rings. The van der Waals surface area contributed by atoms with E-state index in [1.807, 2.05) is 10.7 Å². The molecule has 0 radical (unpaired) electrons. The number of nitrogens with zero attached hydrogens (tertiary/aromatic N) is 4. The van der Waals surface area contributed by atoms with E-state index in [9.17, 15) is 0 Å². The first kappa shape index (κ1) is 23.6. The average molecular weight is 512 g/mol. The van der Waals surface area contributed by atoms with E-state index in [1.54, 1.807) is 7.11 Å². The van der Waals surface area contributed by atoms with Crippen LogP contribution in [0.3, 0.4) is 0 Å². The quantitative estimate of drug-likeness (QED) is 0.339. The van der Waals surface area contributed by atoms with Gasteiger partial charge in [-0.15, -0.1) is 24.0 Å². The standard InChI is InChI=1S/C21H32N6O.HI/c1-5-22-20(23-15-21(2,3)16-9-7-6-8-10-16)24-17-11-12-19-25-18(14-28-4)26-27(19)13-17;/h6-10,17H,5,11-15H2,1-4H3,(H2,22,23,24);1H. The lowest BCUT2D eigenvalue weighted by Crippen LogP contribution is -2.47. The Kier molecular flexibility index (Phi) is 8.88. The molecule has 0 spiro atoms. The number of aryl methyl sites for hydroxylation is 1. The molecule has 0 bridgehead atoms. The highest BCUT2D eigenvalue weighted by Crippen LogP contribution is 2.23. The fraction of sp³-hybridized carbons (Fsp3) is 0.571. The highest BCUT2D eigenvalue weighted by Gasteiger charge is 2.23. The van der Waals surface area contributed by atoms with E-state index in [1.165, 1.54) is 5.56 Å². The highest BCUT2D eigenvalue weighted by atomic mass is 127. The minimum absolute atomic E-state index is 0. The third-order valence-corrected chi connectivity index (χ3v) is 5.05. The lowest BCUT2D eigenvalue weighted by molar-refractivity contribution is 0.177. The molecule has 0 saturated heterocycles. The SMILES string of the molecule is CCNC(=NCC(C)(C)c1ccccc1)NC1CCc2nc(COC)nn2C1.I. The number of fused-ring (bicyclic) bond motifs is 1. The summed E-state index contributed by atoms with van der Waals surface area (Å²) in [7, 11) is 1.67. The van der Waals surface area contributed by atoms with E-state index in [2.05, 4.69) is 65.8 Å². The molecule has 160 valence electrons. The normalized spacial score (nSPS) is 16.7. The molecule has 2 aromatic rings. The summed E-state index contributed by atoms with van der Waals surface area (Å²) in [6.45, 7) is 9.34. The van der Waals surface area contributed by atoms with E-state index in [0.717, 1.165) is 43.5 Å². The van der Waals surface area contributed by atoms with Crippen molar-refractivity contribution in [3.05, 3.63) is 47.5 Å². The molecule has 0 amide bonds. The van der Waals surface area contributed by atoms with Crippen LogP contribution < -0.4 is 10.6 Å². The summed E-state index contributed by atoms with van der Waals surface area (Å²) in [4.78, 5) is 9.42. The molecule has 1 aliphatic heterocycles. The Hall–Kier alpha value is -1.68. The fourth-order valence-corrected chi connectivity index (χ4v) is 3.44. The lowest BCUT2D eigenvalue weighted by atomic mass is 9.85. The van der Waals surface area contributed by atoms with Crippen LogP contribution in [0.4, 0.5) is 0 Å². The predicted molar refractivity (Wildman–Crippen MR) is 127 cm³/mol. The summed E-state index contributed by atoms with van der Waals surface area (Å²) in [6, 6.07) is 10.8. The first-order valence-electron chi connectivity index (χ1n) is 10.0. The number of aromatic nitrogens is 3. The Morgan fingerprint density at radius 1 is 1.31 bits per heavy atom. The first-order chi connectivity index (χ1) is 13.5. The number of benzene rings is 1. The van der Waals surface area contributed by atoms with Crippen molar-refractivity contribution >= 4 is 29.9 Å². The predicted octanol–water partition coefficient (Wildman–Crippen LogP) is 2.89. The van der Waals surface area contributed by atoms with Crippen molar-refractivity contribution in [1.29, 1.82) is 0 Å². The van der Waals surface area contributed by atoms with E-state index in [-0.39, 0.29) is 35.4 Å². The number of hydrogen-bond acceptors (Lipinski definition) is 4. The third-order valence-electron chi connectivity index (χ3n) is 5.05. The van der Waals surface area contributed by atoms with Crippen LogP contribution in [0.25, 0.3) is 0 Å². The summed E-state index contributed by atoms with van der Waals surface area (Å²) in [5.41, 5.74) is 1.27. The van der Waals surface area contributed by atoms with Crippen LogP contribution >= 0.6 is 24.0 Å². The van der Waals surface area contributed by atoms with Crippen LogP contribution in [0.1, 0.15) is 44.4 Å². The van der Waals surface area contributed by atoms with Gasteiger partial charge < -0.3 is 15.4 Å². The molecule has 29 heavy (non-hydrogen) atoms. The second-order valence-corrected chi connectivity index (χ2v) is 7.88. The second kappa shape index (κ2) is 10.9. The topological polar surface area (TPSA) is 76.4 Å². The first-order valence-corrected chi connectivity index (χ1v) is 10.0. The van der Waals surface area contributed by atoms with Crippen molar-refractivity contribution in [3.63, 3.8) is 0 Å². The number of guanidine groups is 1.